The molecule has 0 atom stereocenters. The molecule has 0 bridgehead atoms. The molecule has 0 saturated heterocycles. The fraction of sp³-hybridized carbons (Fsp3) is 0.364. The molecule has 6 nitrogen and oxygen atoms in total. The van der Waals surface area contributed by atoms with E-state index in [-0.39, 0.29) is 24.8 Å². The summed E-state index contributed by atoms with van der Waals surface area (Å²) in [5.41, 5.74) is 4.62. The topological polar surface area (TPSA) is 67.9 Å². The van der Waals surface area contributed by atoms with E-state index in [1.807, 2.05) is 32.9 Å². The van der Waals surface area contributed by atoms with Gasteiger partial charge in [-0.25, -0.2) is 0 Å². The predicted molar refractivity (Wildman–Crippen MR) is 111 cm³/mol. The Morgan fingerprint density at radius 1 is 1.00 bits per heavy atom. The van der Waals surface area contributed by atoms with E-state index in [0.29, 0.717) is 17.2 Å². The molecular weight excluding hydrogens is 356 g/mol. The van der Waals surface area contributed by atoms with Crippen molar-refractivity contribution in [3.05, 3.63) is 47.0 Å². The van der Waals surface area contributed by atoms with E-state index in [9.17, 15) is 9.59 Å². The van der Waals surface area contributed by atoms with Gasteiger partial charge in [0.05, 0.1) is 19.9 Å². The van der Waals surface area contributed by atoms with Crippen molar-refractivity contribution in [3.63, 3.8) is 0 Å². The summed E-state index contributed by atoms with van der Waals surface area (Å²) in [4.78, 5) is 26.2. The fourth-order valence-electron chi connectivity index (χ4n) is 3.25. The first-order valence-electron chi connectivity index (χ1n) is 9.14. The normalized spacial score (nSPS) is 10.4. The molecule has 2 amide bonds. The molecule has 28 heavy (non-hydrogen) atoms. The van der Waals surface area contributed by atoms with Crippen LogP contribution >= 0.6 is 0 Å². The first-order valence-corrected chi connectivity index (χ1v) is 9.14. The number of carbonyl (C=O) groups is 2. The first-order chi connectivity index (χ1) is 13.3. The van der Waals surface area contributed by atoms with Gasteiger partial charge in [-0.3, -0.25) is 9.59 Å². The van der Waals surface area contributed by atoms with Crippen LogP contribution in [0.1, 0.15) is 30.0 Å². The highest BCUT2D eigenvalue weighted by Gasteiger charge is 2.18. The van der Waals surface area contributed by atoms with Crippen LogP contribution in [0.2, 0.25) is 0 Å². The van der Waals surface area contributed by atoms with E-state index in [2.05, 4.69) is 5.32 Å². The van der Waals surface area contributed by atoms with Gasteiger partial charge in [0.1, 0.15) is 11.5 Å². The van der Waals surface area contributed by atoms with Crippen molar-refractivity contribution >= 4 is 23.2 Å². The van der Waals surface area contributed by atoms with Crippen LogP contribution in [0.4, 0.5) is 11.4 Å². The number of anilines is 2. The lowest BCUT2D eigenvalue weighted by Crippen LogP contribution is -2.32. The van der Waals surface area contributed by atoms with Crippen LogP contribution in [0.25, 0.3) is 0 Å². The number of rotatable bonds is 7. The lowest BCUT2D eigenvalue weighted by molar-refractivity contribution is -0.117. The minimum Gasteiger partial charge on any atom is -0.497 e. The number of amides is 2. The van der Waals surface area contributed by atoms with Gasteiger partial charge in [-0.2, -0.15) is 0 Å². The summed E-state index contributed by atoms with van der Waals surface area (Å²) in [6, 6.07) is 9.29. The van der Waals surface area contributed by atoms with Gasteiger partial charge in [0.2, 0.25) is 11.8 Å². The van der Waals surface area contributed by atoms with Crippen molar-refractivity contribution in [2.24, 2.45) is 0 Å². The Balaban J connectivity index is 2.14. The highest BCUT2D eigenvalue weighted by molar-refractivity contribution is 5.96. The summed E-state index contributed by atoms with van der Waals surface area (Å²) in [6.45, 7) is 7.68. The molecule has 0 spiro atoms. The third-order valence-corrected chi connectivity index (χ3v) is 4.56. The third-order valence-electron chi connectivity index (χ3n) is 4.56. The molecule has 0 unspecified atom stereocenters. The number of nitrogens with zero attached hydrogens (tertiary/aromatic N) is 1. The van der Waals surface area contributed by atoms with Gasteiger partial charge in [0.25, 0.3) is 0 Å². The molecule has 0 fully saturated rings. The molecule has 6 heteroatoms. The van der Waals surface area contributed by atoms with Crippen molar-refractivity contribution in [2.45, 2.75) is 34.1 Å². The van der Waals surface area contributed by atoms with E-state index in [1.165, 1.54) is 18.9 Å². The summed E-state index contributed by atoms with van der Waals surface area (Å²) in [5.74, 6) is 0.833. The summed E-state index contributed by atoms with van der Waals surface area (Å²) in [7, 11) is 3.10. The smallest absolute Gasteiger partial charge is 0.226 e. The van der Waals surface area contributed by atoms with Gasteiger partial charge < -0.3 is 19.7 Å². The highest BCUT2D eigenvalue weighted by atomic mass is 16.5. The number of hydrogen-bond donors (Lipinski definition) is 1. The van der Waals surface area contributed by atoms with Gasteiger partial charge in [-0.15, -0.1) is 0 Å². The Morgan fingerprint density at radius 2 is 1.64 bits per heavy atom. The van der Waals surface area contributed by atoms with E-state index in [1.54, 1.807) is 25.3 Å². The maximum atomic E-state index is 12.5. The molecule has 2 aromatic rings. The standard InChI is InChI=1S/C22H28N2O4/c1-14-11-15(2)22(16(3)12-14)23-21(26)9-10-24(17(4)25)19-8-7-18(27-5)13-20(19)28-6/h7-8,11-13H,9-10H2,1-6H3,(H,23,26). The van der Waals surface area contributed by atoms with Crippen LogP contribution in [0.15, 0.2) is 30.3 Å². The van der Waals surface area contributed by atoms with Crippen LogP contribution in [0.5, 0.6) is 11.5 Å². The van der Waals surface area contributed by atoms with Gasteiger partial charge in [0.15, 0.2) is 0 Å². The number of carbonyl (C=O) groups excluding carboxylic acids is 2. The number of benzene rings is 2. The van der Waals surface area contributed by atoms with Crippen LogP contribution in [-0.4, -0.2) is 32.6 Å². The zero-order valence-corrected chi connectivity index (χ0v) is 17.4. The molecule has 2 rings (SSSR count). The number of nitrogens with one attached hydrogen (secondary N) is 1. The Kier molecular flexibility index (Phi) is 7.04. The lowest BCUT2D eigenvalue weighted by atomic mass is 10.0. The second-order valence-electron chi connectivity index (χ2n) is 6.78. The SMILES string of the molecule is COc1ccc(N(CCC(=O)Nc2c(C)cc(C)cc2C)C(C)=O)c(OC)c1. The number of aryl methyl sites for hydroxylation is 3. The molecule has 2 aromatic carbocycles. The van der Waals surface area contributed by atoms with Gasteiger partial charge >= 0.3 is 0 Å². The molecule has 1 N–H and O–H groups in total. The number of methoxy groups -OCH3 is 2. The Morgan fingerprint density at radius 3 is 2.18 bits per heavy atom. The predicted octanol–water partition coefficient (Wildman–Crippen LogP) is 4.01. The largest absolute Gasteiger partial charge is 0.497 e. The Hall–Kier alpha value is -3.02. The summed E-state index contributed by atoms with van der Waals surface area (Å²) in [6.07, 6.45) is 0.168. The Bertz CT molecular complexity index is 854. The van der Waals surface area contributed by atoms with Crippen LogP contribution in [-0.2, 0) is 9.59 Å². The van der Waals surface area contributed by atoms with Crippen LogP contribution in [0, 0.1) is 20.8 Å². The van der Waals surface area contributed by atoms with Crippen molar-refractivity contribution in [3.8, 4) is 11.5 Å². The van der Waals surface area contributed by atoms with Gasteiger partial charge in [-0.1, -0.05) is 17.7 Å². The van der Waals surface area contributed by atoms with E-state index < -0.39 is 0 Å². The average molecular weight is 384 g/mol. The van der Waals surface area contributed by atoms with Crippen molar-refractivity contribution in [2.75, 3.05) is 31.0 Å². The van der Waals surface area contributed by atoms with Crippen LogP contribution in [0.3, 0.4) is 0 Å². The first kappa shape index (κ1) is 21.3. The van der Waals surface area contributed by atoms with E-state index in [0.717, 1.165) is 22.4 Å². The van der Waals surface area contributed by atoms with E-state index in [4.69, 9.17) is 9.47 Å². The van der Waals surface area contributed by atoms with Gasteiger partial charge in [-0.05, 0) is 44.0 Å². The molecule has 0 radical (unpaired) electrons. The molecule has 150 valence electrons. The van der Waals surface area contributed by atoms with Crippen LogP contribution < -0.4 is 19.7 Å². The maximum absolute atomic E-state index is 12.5. The molecule has 0 aliphatic heterocycles. The third kappa shape index (κ3) is 5.03. The quantitative estimate of drug-likeness (QED) is 0.783. The molecule has 0 aliphatic rings. The average Bonchev–Trinajstić information content (AvgIpc) is 2.64. The second-order valence-corrected chi connectivity index (χ2v) is 6.78. The lowest BCUT2D eigenvalue weighted by Gasteiger charge is -2.23. The molecule has 0 heterocycles. The second kappa shape index (κ2) is 9.26. The Labute approximate surface area is 166 Å². The minimum atomic E-state index is -0.168. The zero-order chi connectivity index (χ0) is 20.8. The summed E-state index contributed by atoms with van der Waals surface area (Å²) in [5, 5.41) is 2.97. The summed E-state index contributed by atoms with van der Waals surface area (Å²) >= 11 is 0. The minimum absolute atomic E-state index is 0.145. The molecule has 0 saturated carbocycles. The fourth-order valence-corrected chi connectivity index (χ4v) is 3.25. The van der Waals surface area contributed by atoms with E-state index >= 15 is 0 Å². The number of hydrogen-bond acceptors (Lipinski definition) is 4. The zero-order valence-electron chi connectivity index (χ0n) is 17.4. The maximum Gasteiger partial charge on any atom is 0.226 e. The van der Waals surface area contributed by atoms with Crippen molar-refractivity contribution in [1.29, 1.82) is 0 Å². The van der Waals surface area contributed by atoms with Crippen molar-refractivity contribution in [1.82, 2.24) is 0 Å². The van der Waals surface area contributed by atoms with Crippen molar-refractivity contribution < 1.29 is 19.1 Å². The summed E-state index contributed by atoms with van der Waals surface area (Å²) < 4.78 is 10.6. The molecule has 0 aliphatic carbocycles. The van der Waals surface area contributed by atoms with Gasteiger partial charge in [0, 0.05) is 31.6 Å². The monoisotopic (exact) mass is 384 g/mol. The molecule has 0 aromatic heterocycles. The number of ether oxygens (including phenoxy) is 2. The highest BCUT2D eigenvalue weighted by Crippen LogP contribution is 2.32. The molecular formula is C22H28N2O4.